The van der Waals surface area contributed by atoms with Crippen molar-refractivity contribution >= 4 is 11.7 Å². The zero-order valence-corrected chi connectivity index (χ0v) is 10.8. The van der Waals surface area contributed by atoms with Crippen LogP contribution in [-0.2, 0) is 4.79 Å². The molecule has 1 heterocycles. The first-order valence-corrected chi connectivity index (χ1v) is 6.01. The molecule has 0 radical (unpaired) electrons. The highest BCUT2D eigenvalue weighted by molar-refractivity contribution is 5.72. The van der Waals surface area contributed by atoms with E-state index in [4.69, 9.17) is 4.74 Å². The molecule has 0 unspecified atom stereocenters. The summed E-state index contributed by atoms with van der Waals surface area (Å²) in [7, 11) is 0. The molecule has 6 nitrogen and oxygen atoms in total. The molecule has 0 fully saturated rings. The molecule has 0 aliphatic carbocycles. The van der Waals surface area contributed by atoms with Crippen LogP contribution in [0.25, 0.3) is 11.3 Å². The predicted molar refractivity (Wildman–Crippen MR) is 72.3 cm³/mol. The molecule has 6 heteroatoms. The van der Waals surface area contributed by atoms with E-state index < -0.39 is 4.92 Å². The lowest BCUT2D eigenvalue weighted by Gasteiger charge is -2.05. The van der Waals surface area contributed by atoms with E-state index in [1.165, 1.54) is 18.3 Å². The smallest absolute Gasteiger partial charge is 0.310 e. The average Bonchev–Trinajstić information content (AvgIpc) is 2.47. The molecule has 1 aromatic heterocycles. The van der Waals surface area contributed by atoms with Crippen molar-refractivity contribution in [2.75, 3.05) is 0 Å². The maximum atomic E-state index is 11.2. The molecule has 20 heavy (non-hydrogen) atoms. The highest BCUT2D eigenvalue weighted by Gasteiger charge is 2.09. The number of aromatic nitrogens is 1. The second-order valence-corrected chi connectivity index (χ2v) is 4.01. The van der Waals surface area contributed by atoms with Gasteiger partial charge in [-0.1, -0.05) is 19.1 Å². The molecule has 102 valence electrons. The molecule has 0 saturated carbocycles. The first-order valence-electron chi connectivity index (χ1n) is 6.01. The monoisotopic (exact) mass is 272 g/mol. The Labute approximate surface area is 115 Å². The summed E-state index contributed by atoms with van der Waals surface area (Å²) in [6.07, 6.45) is 1.76. The van der Waals surface area contributed by atoms with Crippen LogP contribution in [0, 0.1) is 10.1 Å². The molecular weight excluding hydrogens is 260 g/mol. The number of pyridine rings is 1. The van der Waals surface area contributed by atoms with Crippen LogP contribution in [0.3, 0.4) is 0 Å². The standard InChI is InChI=1S/C14H12N2O4/c1-2-14(17)20-12-6-7-15-13(9-12)10-4-3-5-11(8-10)16(18)19/h3-9H,2H2,1H3. The number of esters is 1. The molecule has 0 aliphatic rings. The molecule has 2 aromatic rings. The van der Waals surface area contributed by atoms with Crippen LogP contribution in [0.15, 0.2) is 42.6 Å². The van der Waals surface area contributed by atoms with E-state index in [0.29, 0.717) is 17.0 Å². The Balaban J connectivity index is 2.33. The summed E-state index contributed by atoms with van der Waals surface area (Å²) in [4.78, 5) is 25.7. The zero-order valence-electron chi connectivity index (χ0n) is 10.8. The normalized spacial score (nSPS) is 10.1. The SMILES string of the molecule is CCC(=O)Oc1ccnc(-c2cccc([N+](=O)[O-])c2)c1. The van der Waals surface area contributed by atoms with Gasteiger partial charge < -0.3 is 4.74 Å². The van der Waals surface area contributed by atoms with E-state index in [-0.39, 0.29) is 18.1 Å². The van der Waals surface area contributed by atoms with Crippen LogP contribution < -0.4 is 4.74 Å². The highest BCUT2D eigenvalue weighted by Crippen LogP contribution is 2.24. The van der Waals surface area contributed by atoms with Gasteiger partial charge in [-0.3, -0.25) is 19.9 Å². The fraction of sp³-hybridized carbons (Fsp3) is 0.143. The number of benzene rings is 1. The molecule has 1 aromatic carbocycles. The fourth-order valence-corrected chi connectivity index (χ4v) is 1.61. The maximum absolute atomic E-state index is 11.2. The van der Waals surface area contributed by atoms with Crippen molar-refractivity contribution in [1.29, 1.82) is 0 Å². The highest BCUT2D eigenvalue weighted by atomic mass is 16.6. The fourth-order valence-electron chi connectivity index (χ4n) is 1.61. The minimum atomic E-state index is -0.468. The molecule has 0 N–H and O–H groups in total. The Morgan fingerprint density at radius 1 is 1.35 bits per heavy atom. The molecule has 0 spiro atoms. The van der Waals surface area contributed by atoms with Crippen molar-refractivity contribution in [2.45, 2.75) is 13.3 Å². The summed E-state index contributed by atoms with van der Waals surface area (Å²) < 4.78 is 5.09. The second-order valence-electron chi connectivity index (χ2n) is 4.01. The van der Waals surface area contributed by atoms with Gasteiger partial charge in [0.2, 0.25) is 0 Å². The van der Waals surface area contributed by atoms with Crippen LogP contribution in [0.4, 0.5) is 5.69 Å². The van der Waals surface area contributed by atoms with Gasteiger partial charge in [-0.05, 0) is 6.07 Å². The topological polar surface area (TPSA) is 82.3 Å². The maximum Gasteiger partial charge on any atom is 0.310 e. The third kappa shape index (κ3) is 3.17. The van der Waals surface area contributed by atoms with Crippen molar-refractivity contribution < 1.29 is 14.5 Å². The van der Waals surface area contributed by atoms with E-state index >= 15 is 0 Å². The molecule has 0 bridgehead atoms. The molecule has 2 rings (SSSR count). The summed E-state index contributed by atoms with van der Waals surface area (Å²) in [6, 6.07) is 9.26. The summed E-state index contributed by atoms with van der Waals surface area (Å²) in [5.41, 5.74) is 1.09. The molecule has 0 atom stereocenters. The first kappa shape index (κ1) is 13.7. The van der Waals surface area contributed by atoms with Gasteiger partial charge in [0, 0.05) is 36.4 Å². The van der Waals surface area contributed by atoms with Gasteiger partial charge in [-0.15, -0.1) is 0 Å². The van der Waals surface area contributed by atoms with Gasteiger partial charge in [-0.2, -0.15) is 0 Å². The lowest BCUT2D eigenvalue weighted by molar-refractivity contribution is -0.384. The lowest BCUT2D eigenvalue weighted by atomic mass is 10.1. The van der Waals surface area contributed by atoms with Crippen molar-refractivity contribution in [3.05, 3.63) is 52.7 Å². The number of carbonyl (C=O) groups is 1. The van der Waals surface area contributed by atoms with E-state index in [1.54, 1.807) is 31.2 Å². The van der Waals surface area contributed by atoms with Gasteiger partial charge >= 0.3 is 5.97 Å². The summed E-state index contributed by atoms with van der Waals surface area (Å²) in [5.74, 6) is 0.0227. The summed E-state index contributed by atoms with van der Waals surface area (Å²) in [5, 5.41) is 10.8. The van der Waals surface area contributed by atoms with Crippen LogP contribution >= 0.6 is 0 Å². The predicted octanol–water partition coefficient (Wildman–Crippen LogP) is 2.97. The number of hydrogen-bond donors (Lipinski definition) is 0. The van der Waals surface area contributed by atoms with Gasteiger partial charge in [0.15, 0.2) is 0 Å². The molecule has 0 aliphatic heterocycles. The minimum Gasteiger partial charge on any atom is -0.426 e. The van der Waals surface area contributed by atoms with Crippen LogP contribution in [0.2, 0.25) is 0 Å². The minimum absolute atomic E-state index is 0.0137. The summed E-state index contributed by atoms with van der Waals surface area (Å²) in [6.45, 7) is 1.70. The number of carbonyl (C=O) groups excluding carboxylic acids is 1. The Kier molecular flexibility index (Phi) is 4.05. The number of nitro groups is 1. The van der Waals surface area contributed by atoms with Crippen molar-refractivity contribution in [3.8, 4) is 17.0 Å². The Morgan fingerprint density at radius 2 is 2.15 bits per heavy atom. The Hall–Kier alpha value is -2.76. The first-order chi connectivity index (χ1) is 9.60. The average molecular weight is 272 g/mol. The number of hydrogen-bond acceptors (Lipinski definition) is 5. The van der Waals surface area contributed by atoms with Crippen LogP contribution in [-0.4, -0.2) is 15.9 Å². The summed E-state index contributed by atoms with van der Waals surface area (Å²) >= 11 is 0. The largest absolute Gasteiger partial charge is 0.426 e. The number of nitro benzene ring substituents is 1. The zero-order chi connectivity index (χ0) is 14.5. The quantitative estimate of drug-likeness (QED) is 0.485. The van der Waals surface area contributed by atoms with Gasteiger partial charge in [0.1, 0.15) is 5.75 Å². The van der Waals surface area contributed by atoms with Crippen molar-refractivity contribution in [2.24, 2.45) is 0 Å². The van der Waals surface area contributed by atoms with Crippen molar-refractivity contribution in [1.82, 2.24) is 4.98 Å². The van der Waals surface area contributed by atoms with E-state index in [9.17, 15) is 14.9 Å². The van der Waals surface area contributed by atoms with E-state index in [0.717, 1.165) is 0 Å². The molecular formula is C14H12N2O4. The van der Waals surface area contributed by atoms with Crippen LogP contribution in [0.5, 0.6) is 5.75 Å². The van der Waals surface area contributed by atoms with Crippen LogP contribution in [0.1, 0.15) is 13.3 Å². The number of ether oxygens (including phenoxy) is 1. The lowest BCUT2D eigenvalue weighted by Crippen LogP contribution is -2.05. The third-order valence-electron chi connectivity index (χ3n) is 2.60. The molecule has 0 amide bonds. The second kappa shape index (κ2) is 5.92. The van der Waals surface area contributed by atoms with Gasteiger partial charge in [-0.25, -0.2) is 0 Å². The van der Waals surface area contributed by atoms with E-state index in [2.05, 4.69) is 4.98 Å². The van der Waals surface area contributed by atoms with Gasteiger partial charge in [0.25, 0.3) is 5.69 Å². The number of nitrogens with zero attached hydrogens (tertiary/aromatic N) is 2. The number of non-ortho nitro benzene ring substituents is 1. The molecule has 0 saturated heterocycles. The Bertz CT molecular complexity index is 655. The van der Waals surface area contributed by atoms with Gasteiger partial charge in [0.05, 0.1) is 10.6 Å². The van der Waals surface area contributed by atoms with E-state index in [1.807, 2.05) is 0 Å². The number of rotatable bonds is 4. The third-order valence-corrected chi connectivity index (χ3v) is 2.60. The Morgan fingerprint density at radius 3 is 2.85 bits per heavy atom. The van der Waals surface area contributed by atoms with Crippen molar-refractivity contribution in [3.63, 3.8) is 0 Å².